The molecule has 28 heavy (non-hydrogen) atoms. The summed E-state index contributed by atoms with van der Waals surface area (Å²) >= 11 is 0. The summed E-state index contributed by atoms with van der Waals surface area (Å²) in [6.45, 7) is 3.96. The summed E-state index contributed by atoms with van der Waals surface area (Å²) in [6.07, 6.45) is 6.94. The number of hydrogen-bond acceptors (Lipinski definition) is 5. The topological polar surface area (TPSA) is 79.7 Å². The third kappa shape index (κ3) is 2.94. The van der Waals surface area contributed by atoms with E-state index in [1.54, 1.807) is 0 Å². The van der Waals surface area contributed by atoms with Crippen molar-refractivity contribution in [1.29, 1.82) is 0 Å². The van der Waals surface area contributed by atoms with Gasteiger partial charge in [-0.2, -0.15) is 0 Å². The van der Waals surface area contributed by atoms with E-state index in [4.69, 9.17) is 0 Å². The Balaban J connectivity index is 1.67. The van der Waals surface area contributed by atoms with Crippen LogP contribution in [0.5, 0.6) is 0 Å². The van der Waals surface area contributed by atoms with Crippen molar-refractivity contribution >= 4 is 10.9 Å². The first-order valence-electron chi connectivity index (χ1n) is 10.4. The second-order valence-corrected chi connectivity index (χ2v) is 8.16. The summed E-state index contributed by atoms with van der Waals surface area (Å²) in [4.78, 5) is 18.6. The molecule has 1 saturated carbocycles. The molecule has 0 bridgehead atoms. The Labute approximate surface area is 163 Å². The number of hydrogen-bond donors (Lipinski definition) is 1. The summed E-state index contributed by atoms with van der Waals surface area (Å²) in [5, 5.41) is 13.8. The molecular weight excluding hydrogens is 352 g/mol. The van der Waals surface area contributed by atoms with Crippen LogP contribution >= 0.6 is 0 Å². The van der Waals surface area contributed by atoms with E-state index in [2.05, 4.69) is 31.5 Å². The van der Waals surface area contributed by atoms with Crippen molar-refractivity contribution in [3.05, 3.63) is 51.6 Å². The molecule has 0 spiro atoms. The molecule has 3 aromatic rings. The fourth-order valence-electron chi connectivity index (χ4n) is 4.89. The van der Waals surface area contributed by atoms with E-state index in [0.29, 0.717) is 6.04 Å². The highest BCUT2D eigenvalue weighted by Gasteiger charge is 2.34. The van der Waals surface area contributed by atoms with Crippen molar-refractivity contribution in [3.8, 4) is 0 Å². The molecule has 1 aromatic carbocycles. The van der Waals surface area contributed by atoms with Crippen LogP contribution < -0.4 is 5.56 Å². The number of fused-ring (bicyclic) bond motifs is 1. The fraction of sp³-hybridized carbons (Fsp3) is 0.524. The number of tetrazole rings is 1. The molecule has 0 unspecified atom stereocenters. The third-order valence-corrected chi connectivity index (χ3v) is 6.35. The first kappa shape index (κ1) is 17.6. The molecule has 5 rings (SSSR count). The van der Waals surface area contributed by atoms with Crippen LogP contribution in [0.4, 0.5) is 0 Å². The molecule has 2 fully saturated rings. The minimum absolute atomic E-state index is 0.0420. The Bertz CT molecular complexity index is 1040. The number of benzene rings is 1. The fourth-order valence-corrected chi connectivity index (χ4v) is 4.89. The molecule has 2 aliphatic rings. The van der Waals surface area contributed by atoms with Gasteiger partial charge in [-0.05, 0) is 73.1 Å². The number of rotatable bonds is 4. The van der Waals surface area contributed by atoms with Crippen LogP contribution in [0.25, 0.3) is 10.9 Å². The third-order valence-electron chi connectivity index (χ3n) is 6.35. The summed E-state index contributed by atoms with van der Waals surface area (Å²) in [6, 6.07) is 8.30. The van der Waals surface area contributed by atoms with Gasteiger partial charge in [0, 0.05) is 5.56 Å². The smallest absolute Gasteiger partial charge is 0.253 e. The maximum Gasteiger partial charge on any atom is 0.253 e. The number of pyridine rings is 1. The average molecular weight is 378 g/mol. The minimum Gasteiger partial charge on any atom is -0.321 e. The molecule has 1 atom stereocenters. The van der Waals surface area contributed by atoms with Crippen LogP contribution in [-0.4, -0.2) is 43.2 Å². The zero-order valence-corrected chi connectivity index (χ0v) is 16.3. The van der Waals surface area contributed by atoms with Crippen LogP contribution in [0.3, 0.4) is 0 Å². The standard InChI is InChI=1S/C21H26N6O/c1-14-7-6-8-15-13-17(21(28)22-18(14)15)19(26-11-4-5-12-26)20-23-24-25-27(20)16-9-2-3-10-16/h6-8,13,16,19H,2-5,9-12H2,1H3,(H,22,28)/t19-/m1/s1. The molecule has 1 aliphatic carbocycles. The van der Waals surface area contributed by atoms with Crippen LogP contribution in [0, 0.1) is 6.92 Å². The quantitative estimate of drug-likeness (QED) is 0.754. The monoisotopic (exact) mass is 378 g/mol. The van der Waals surface area contributed by atoms with Gasteiger partial charge in [-0.15, -0.1) is 5.10 Å². The lowest BCUT2D eigenvalue weighted by atomic mass is 10.0. The van der Waals surface area contributed by atoms with Gasteiger partial charge in [-0.25, -0.2) is 4.68 Å². The number of nitrogens with one attached hydrogen (secondary N) is 1. The van der Waals surface area contributed by atoms with Gasteiger partial charge in [0.1, 0.15) is 6.04 Å². The van der Waals surface area contributed by atoms with E-state index in [1.165, 1.54) is 12.8 Å². The average Bonchev–Trinajstić information content (AvgIpc) is 3.46. The summed E-state index contributed by atoms with van der Waals surface area (Å²) in [5.74, 6) is 0.811. The molecule has 7 heteroatoms. The molecule has 7 nitrogen and oxygen atoms in total. The number of H-pyrrole nitrogens is 1. The second-order valence-electron chi connectivity index (χ2n) is 8.16. The SMILES string of the molecule is Cc1cccc2cc([C@H](c3nnnn3C3CCCC3)N3CCCC3)c(=O)[nH]c12. The summed E-state index contributed by atoms with van der Waals surface area (Å²) < 4.78 is 2.00. The predicted octanol–water partition coefficient (Wildman–Crippen LogP) is 3.12. The highest BCUT2D eigenvalue weighted by Crippen LogP contribution is 2.35. The normalized spacial score (nSPS) is 19.6. The summed E-state index contributed by atoms with van der Waals surface area (Å²) in [7, 11) is 0. The van der Waals surface area contributed by atoms with Crippen LogP contribution in [0.15, 0.2) is 29.1 Å². The first-order chi connectivity index (χ1) is 13.7. The molecule has 2 aromatic heterocycles. The molecular formula is C21H26N6O. The Morgan fingerprint density at radius 1 is 1.14 bits per heavy atom. The van der Waals surface area contributed by atoms with E-state index in [-0.39, 0.29) is 11.6 Å². The molecule has 1 aliphatic heterocycles. The predicted molar refractivity (Wildman–Crippen MR) is 107 cm³/mol. The van der Waals surface area contributed by atoms with E-state index >= 15 is 0 Å². The zero-order chi connectivity index (χ0) is 19.1. The highest BCUT2D eigenvalue weighted by molar-refractivity contribution is 5.82. The largest absolute Gasteiger partial charge is 0.321 e. The number of likely N-dealkylation sites (tertiary alicyclic amines) is 1. The van der Waals surface area contributed by atoms with Crippen molar-refractivity contribution < 1.29 is 0 Å². The number of aromatic amines is 1. The van der Waals surface area contributed by atoms with Crippen LogP contribution in [0.1, 0.15) is 67.6 Å². The molecule has 146 valence electrons. The molecule has 1 N–H and O–H groups in total. The summed E-state index contributed by atoms with van der Waals surface area (Å²) in [5.41, 5.74) is 2.69. The lowest BCUT2D eigenvalue weighted by Crippen LogP contribution is -2.34. The van der Waals surface area contributed by atoms with E-state index in [9.17, 15) is 4.79 Å². The Morgan fingerprint density at radius 3 is 2.71 bits per heavy atom. The van der Waals surface area contributed by atoms with Gasteiger partial charge >= 0.3 is 0 Å². The van der Waals surface area contributed by atoms with Gasteiger partial charge in [-0.1, -0.05) is 31.0 Å². The van der Waals surface area contributed by atoms with Gasteiger partial charge in [0.15, 0.2) is 5.82 Å². The number of para-hydroxylation sites is 1. The van der Waals surface area contributed by atoms with Crippen molar-refractivity contribution in [1.82, 2.24) is 30.1 Å². The first-order valence-corrected chi connectivity index (χ1v) is 10.4. The number of nitrogens with zero attached hydrogens (tertiary/aromatic N) is 5. The number of aryl methyl sites for hydroxylation is 1. The van der Waals surface area contributed by atoms with Gasteiger partial charge in [0.25, 0.3) is 5.56 Å². The zero-order valence-electron chi connectivity index (χ0n) is 16.3. The van der Waals surface area contributed by atoms with Crippen molar-refractivity contribution in [2.75, 3.05) is 13.1 Å². The van der Waals surface area contributed by atoms with E-state index in [1.807, 2.05) is 29.8 Å². The van der Waals surface area contributed by atoms with Crippen molar-refractivity contribution in [2.24, 2.45) is 0 Å². The lowest BCUT2D eigenvalue weighted by molar-refractivity contribution is 0.256. The number of aromatic nitrogens is 5. The van der Waals surface area contributed by atoms with Gasteiger partial charge < -0.3 is 4.98 Å². The van der Waals surface area contributed by atoms with Gasteiger partial charge in [-0.3, -0.25) is 9.69 Å². The molecule has 1 saturated heterocycles. The Kier molecular flexibility index (Phi) is 4.47. The molecule has 3 heterocycles. The van der Waals surface area contributed by atoms with E-state index < -0.39 is 0 Å². The second kappa shape index (κ2) is 7.13. The Morgan fingerprint density at radius 2 is 1.93 bits per heavy atom. The molecule has 0 amide bonds. The van der Waals surface area contributed by atoms with Gasteiger partial charge in [0.05, 0.1) is 11.6 Å². The minimum atomic E-state index is -0.202. The van der Waals surface area contributed by atoms with Crippen LogP contribution in [-0.2, 0) is 0 Å². The molecule has 0 radical (unpaired) electrons. The van der Waals surface area contributed by atoms with Crippen molar-refractivity contribution in [2.45, 2.75) is 57.5 Å². The van der Waals surface area contributed by atoms with Crippen LogP contribution in [0.2, 0.25) is 0 Å². The lowest BCUT2D eigenvalue weighted by Gasteiger charge is -2.27. The maximum absolute atomic E-state index is 13.2. The van der Waals surface area contributed by atoms with E-state index in [0.717, 1.165) is 66.6 Å². The van der Waals surface area contributed by atoms with Gasteiger partial charge in [0.2, 0.25) is 0 Å². The maximum atomic E-state index is 13.2. The highest BCUT2D eigenvalue weighted by atomic mass is 16.1. The van der Waals surface area contributed by atoms with Crippen molar-refractivity contribution in [3.63, 3.8) is 0 Å². The Hall–Kier alpha value is -2.54.